The van der Waals surface area contributed by atoms with Gasteiger partial charge in [-0.05, 0) is 56.7 Å². The Balaban J connectivity index is 1.91. The van der Waals surface area contributed by atoms with Gasteiger partial charge in [-0.15, -0.1) is 0 Å². The van der Waals surface area contributed by atoms with E-state index in [2.05, 4.69) is 5.32 Å². The van der Waals surface area contributed by atoms with Gasteiger partial charge in [0.25, 0.3) is 0 Å². The molecule has 2 rings (SSSR count). The number of phenolic OH excluding ortho intramolecular Hbond substituents is 1. The summed E-state index contributed by atoms with van der Waals surface area (Å²) in [5.74, 6) is 0.554. The molecule has 1 aliphatic heterocycles. The first kappa shape index (κ1) is 15.8. The van der Waals surface area contributed by atoms with Crippen molar-refractivity contribution in [1.82, 2.24) is 10.2 Å². The van der Waals surface area contributed by atoms with Crippen LogP contribution in [0, 0.1) is 13.8 Å². The summed E-state index contributed by atoms with van der Waals surface area (Å²) >= 11 is 0. The van der Waals surface area contributed by atoms with Gasteiger partial charge >= 0.3 is 0 Å². The monoisotopic (exact) mass is 290 g/mol. The highest BCUT2D eigenvalue weighted by Gasteiger charge is 2.21. The minimum absolute atomic E-state index is 0.169. The van der Waals surface area contributed by atoms with Crippen LogP contribution in [0.25, 0.3) is 0 Å². The van der Waals surface area contributed by atoms with Crippen molar-refractivity contribution in [2.24, 2.45) is 0 Å². The molecule has 2 N–H and O–H groups in total. The first-order valence-electron chi connectivity index (χ1n) is 7.80. The van der Waals surface area contributed by atoms with Crippen LogP contribution in [0.2, 0.25) is 0 Å². The molecule has 1 fully saturated rings. The van der Waals surface area contributed by atoms with Gasteiger partial charge in [0.2, 0.25) is 5.91 Å². The number of aryl methyl sites for hydroxylation is 2. The standard InChI is InChI=1S/C17H26N2O2/c1-12-9-15(10-13(2)16(12)20)11-18-14(3)17(21)19-7-5-4-6-8-19/h9-10,14,18,20H,4-8,11H2,1-3H3. The third-order valence-electron chi connectivity index (χ3n) is 4.20. The fourth-order valence-corrected chi connectivity index (χ4v) is 2.89. The molecule has 0 saturated carbocycles. The number of aromatic hydroxyl groups is 1. The molecule has 1 amide bonds. The number of likely N-dealkylation sites (tertiary alicyclic amines) is 1. The third-order valence-corrected chi connectivity index (χ3v) is 4.20. The van der Waals surface area contributed by atoms with Gasteiger partial charge in [-0.3, -0.25) is 4.79 Å². The van der Waals surface area contributed by atoms with Crippen molar-refractivity contribution in [2.45, 2.75) is 52.6 Å². The number of phenols is 1. The highest BCUT2D eigenvalue weighted by molar-refractivity contribution is 5.81. The molecule has 0 bridgehead atoms. The third kappa shape index (κ3) is 3.97. The van der Waals surface area contributed by atoms with Crippen LogP contribution in [0.1, 0.15) is 42.9 Å². The lowest BCUT2D eigenvalue weighted by Crippen LogP contribution is -2.46. The normalized spacial score (nSPS) is 16.8. The molecule has 0 spiro atoms. The quantitative estimate of drug-likeness (QED) is 0.896. The summed E-state index contributed by atoms with van der Waals surface area (Å²) in [5.41, 5.74) is 2.85. The fraction of sp³-hybridized carbons (Fsp3) is 0.588. The zero-order valence-electron chi connectivity index (χ0n) is 13.3. The number of hydrogen-bond acceptors (Lipinski definition) is 3. The summed E-state index contributed by atoms with van der Waals surface area (Å²) in [6.07, 6.45) is 3.47. The molecule has 1 aliphatic rings. The minimum atomic E-state index is -0.169. The molecule has 1 heterocycles. The second-order valence-corrected chi connectivity index (χ2v) is 6.07. The van der Waals surface area contributed by atoms with Crippen molar-refractivity contribution in [1.29, 1.82) is 0 Å². The average molecular weight is 290 g/mol. The Morgan fingerprint density at radius 3 is 2.38 bits per heavy atom. The van der Waals surface area contributed by atoms with E-state index in [0.29, 0.717) is 12.3 Å². The van der Waals surface area contributed by atoms with Gasteiger partial charge in [0.1, 0.15) is 5.75 Å². The topological polar surface area (TPSA) is 52.6 Å². The van der Waals surface area contributed by atoms with Crippen molar-refractivity contribution in [2.75, 3.05) is 13.1 Å². The van der Waals surface area contributed by atoms with Crippen LogP contribution in [0.15, 0.2) is 12.1 Å². The predicted molar refractivity (Wildman–Crippen MR) is 84.3 cm³/mol. The molecule has 116 valence electrons. The van der Waals surface area contributed by atoms with Crippen LogP contribution in [0.3, 0.4) is 0 Å². The number of nitrogens with zero attached hydrogens (tertiary/aromatic N) is 1. The molecule has 1 saturated heterocycles. The molecular weight excluding hydrogens is 264 g/mol. The van der Waals surface area contributed by atoms with Gasteiger partial charge in [0.05, 0.1) is 6.04 Å². The number of carbonyl (C=O) groups excluding carboxylic acids is 1. The molecule has 0 aromatic heterocycles. The lowest BCUT2D eigenvalue weighted by atomic mass is 10.1. The highest BCUT2D eigenvalue weighted by atomic mass is 16.3. The smallest absolute Gasteiger partial charge is 0.239 e. The summed E-state index contributed by atoms with van der Waals surface area (Å²) in [6, 6.07) is 3.76. The van der Waals surface area contributed by atoms with Gasteiger partial charge in [-0.1, -0.05) is 12.1 Å². The van der Waals surface area contributed by atoms with Gasteiger partial charge in [0, 0.05) is 19.6 Å². The van der Waals surface area contributed by atoms with E-state index in [1.54, 1.807) is 0 Å². The van der Waals surface area contributed by atoms with Crippen LogP contribution >= 0.6 is 0 Å². The summed E-state index contributed by atoms with van der Waals surface area (Å²) in [4.78, 5) is 14.3. The first-order chi connectivity index (χ1) is 9.99. The second-order valence-electron chi connectivity index (χ2n) is 6.07. The number of rotatable bonds is 4. The number of carbonyl (C=O) groups is 1. The van der Waals surface area contributed by atoms with Crippen LogP contribution < -0.4 is 5.32 Å². The van der Waals surface area contributed by atoms with E-state index in [-0.39, 0.29) is 11.9 Å². The van der Waals surface area contributed by atoms with Gasteiger partial charge < -0.3 is 15.3 Å². The van der Waals surface area contributed by atoms with E-state index in [0.717, 1.165) is 42.6 Å². The zero-order chi connectivity index (χ0) is 15.4. The molecule has 1 unspecified atom stereocenters. The number of nitrogens with one attached hydrogen (secondary N) is 1. The Labute approximate surface area is 127 Å². The highest BCUT2D eigenvalue weighted by Crippen LogP contribution is 2.22. The van der Waals surface area contributed by atoms with E-state index < -0.39 is 0 Å². The van der Waals surface area contributed by atoms with E-state index in [9.17, 15) is 9.90 Å². The molecule has 21 heavy (non-hydrogen) atoms. The molecule has 0 aliphatic carbocycles. The summed E-state index contributed by atoms with van der Waals surface area (Å²) in [7, 11) is 0. The van der Waals surface area contributed by atoms with E-state index in [1.807, 2.05) is 37.8 Å². The zero-order valence-corrected chi connectivity index (χ0v) is 13.3. The minimum Gasteiger partial charge on any atom is -0.507 e. The maximum Gasteiger partial charge on any atom is 0.239 e. The average Bonchev–Trinajstić information content (AvgIpc) is 2.50. The Bertz CT molecular complexity index is 485. The Kier molecular flexibility index (Phi) is 5.23. The van der Waals surface area contributed by atoms with Crippen molar-refractivity contribution >= 4 is 5.91 Å². The van der Waals surface area contributed by atoms with Crippen LogP contribution in [-0.2, 0) is 11.3 Å². The van der Waals surface area contributed by atoms with E-state index in [1.165, 1.54) is 6.42 Å². The SMILES string of the molecule is Cc1cc(CNC(C)C(=O)N2CCCCC2)cc(C)c1O. The predicted octanol–water partition coefficient (Wildman–Crippen LogP) is 2.50. The summed E-state index contributed by atoms with van der Waals surface area (Å²) in [5, 5.41) is 13.1. The molecular formula is C17H26N2O2. The Morgan fingerprint density at radius 2 is 1.81 bits per heavy atom. The van der Waals surface area contributed by atoms with Gasteiger partial charge in [0.15, 0.2) is 0 Å². The number of piperidine rings is 1. The fourth-order valence-electron chi connectivity index (χ4n) is 2.89. The number of hydrogen-bond donors (Lipinski definition) is 2. The second kappa shape index (κ2) is 6.94. The maximum absolute atomic E-state index is 12.3. The lowest BCUT2D eigenvalue weighted by Gasteiger charge is -2.29. The van der Waals surface area contributed by atoms with Gasteiger partial charge in [-0.25, -0.2) is 0 Å². The molecule has 1 atom stereocenters. The van der Waals surface area contributed by atoms with Crippen molar-refractivity contribution in [3.63, 3.8) is 0 Å². The first-order valence-corrected chi connectivity index (χ1v) is 7.80. The summed E-state index contributed by atoms with van der Waals surface area (Å²) < 4.78 is 0. The molecule has 4 nitrogen and oxygen atoms in total. The number of amides is 1. The van der Waals surface area contributed by atoms with Crippen molar-refractivity contribution in [3.05, 3.63) is 28.8 Å². The van der Waals surface area contributed by atoms with E-state index in [4.69, 9.17) is 0 Å². The Morgan fingerprint density at radius 1 is 1.24 bits per heavy atom. The molecule has 1 aromatic rings. The van der Waals surface area contributed by atoms with Crippen LogP contribution in [-0.4, -0.2) is 35.0 Å². The molecule has 0 radical (unpaired) electrons. The maximum atomic E-state index is 12.3. The van der Waals surface area contributed by atoms with Gasteiger partial charge in [-0.2, -0.15) is 0 Å². The molecule has 1 aromatic carbocycles. The van der Waals surface area contributed by atoms with Crippen LogP contribution in [0.4, 0.5) is 0 Å². The molecule has 4 heteroatoms. The Hall–Kier alpha value is -1.55. The summed E-state index contributed by atoms with van der Waals surface area (Å²) in [6.45, 7) is 8.15. The van der Waals surface area contributed by atoms with Crippen LogP contribution in [0.5, 0.6) is 5.75 Å². The largest absolute Gasteiger partial charge is 0.507 e. The lowest BCUT2D eigenvalue weighted by molar-refractivity contribution is -0.133. The number of benzene rings is 1. The van der Waals surface area contributed by atoms with E-state index >= 15 is 0 Å². The van der Waals surface area contributed by atoms with Crippen molar-refractivity contribution < 1.29 is 9.90 Å². The van der Waals surface area contributed by atoms with Crippen molar-refractivity contribution in [3.8, 4) is 5.75 Å².